The Morgan fingerprint density at radius 2 is 1.74 bits per heavy atom. The maximum atomic E-state index is 12.6. The Balaban J connectivity index is 1.49. The minimum atomic E-state index is 0.259. The van der Waals surface area contributed by atoms with Crippen LogP contribution in [0.1, 0.15) is 87.3 Å². The van der Waals surface area contributed by atoms with Gasteiger partial charge in [0.2, 0.25) is 5.91 Å². The van der Waals surface area contributed by atoms with E-state index in [0.29, 0.717) is 24.4 Å². The van der Waals surface area contributed by atoms with E-state index in [1.165, 1.54) is 63.5 Å². The van der Waals surface area contributed by atoms with Crippen LogP contribution in [-0.4, -0.2) is 39.9 Å². The van der Waals surface area contributed by atoms with Crippen molar-refractivity contribution in [2.75, 3.05) is 18.0 Å². The van der Waals surface area contributed by atoms with Gasteiger partial charge in [0.05, 0.1) is 6.04 Å². The first-order valence-corrected chi connectivity index (χ1v) is 11.1. The molecule has 1 atom stereocenters. The third kappa shape index (κ3) is 3.39. The van der Waals surface area contributed by atoms with Crippen LogP contribution in [0.2, 0.25) is 0 Å². The first kappa shape index (κ1) is 17.6. The Kier molecular flexibility index (Phi) is 4.66. The largest absolute Gasteiger partial charge is 0.296 e. The summed E-state index contributed by atoms with van der Waals surface area (Å²) in [6, 6.07) is 1.05. The van der Waals surface area contributed by atoms with Crippen LogP contribution in [-0.2, 0) is 11.2 Å². The van der Waals surface area contributed by atoms with Crippen molar-refractivity contribution >= 4 is 11.7 Å². The molecule has 1 aromatic heterocycles. The molecule has 0 radical (unpaired) electrons. The molecule has 2 aliphatic carbocycles. The molecule has 5 nitrogen and oxygen atoms in total. The van der Waals surface area contributed by atoms with E-state index in [1.54, 1.807) is 0 Å². The Bertz CT molecular complexity index is 723. The molecule has 3 fully saturated rings. The Hall–Kier alpha value is -1.49. The summed E-state index contributed by atoms with van der Waals surface area (Å²) >= 11 is 0. The number of amides is 1. The highest BCUT2D eigenvalue weighted by molar-refractivity contribution is 5.95. The Labute approximate surface area is 162 Å². The minimum absolute atomic E-state index is 0.259. The van der Waals surface area contributed by atoms with Crippen molar-refractivity contribution in [2.24, 2.45) is 5.92 Å². The van der Waals surface area contributed by atoms with Gasteiger partial charge in [0.15, 0.2) is 0 Å². The van der Waals surface area contributed by atoms with Crippen LogP contribution in [0.25, 0.3) is 0 Å². The second kappa shape index (κ2) is 7.16. The van der Waals surface area contributed by atoms with E-state index >= 15 is 0 Å². The third-order valence-corrected chi connectivity index (χ3v) is 7.13. The topological polar surface area (TPSA) is 49.3 Å². The summed E-state index contributed by atoms with van der Waals surface area (Å²) in [6.07, 6.45) is 13.0. The van der Waals surface area contributed by atoms with Crippen LogP contribution >= 0.6 is 0 Å². The van der Waals surface area contributed by atoms with Crippen molar-refractivity contribution in [1.82, 2.24) is 14.9 Å². The number of likely N-dealkylation sites (tertiary alicyclic amines) is 1. The number of carbonyl (C=O) groups excluding carboxylic acids is 1. The molecule has 5 rings (SSSR count). The summed E-state index contributed by atoms with van der Waals surface area (Å²) < 4.78 is 0. The Morgan fingerprint density at radius 1 is 0.963 bits per heavy atom. The van der Waals surface area contributed by atoms with Crippen LogP contribution in [0.3, 0.4) is 0 Å². The van der Waals surface area contributed by atoms with Gasteiger partial charge in [-0.05, 0) is 64.3 Å². The zero-order chi connectivity index (χ0) is 18.4. The zero-order valence-electron chi connectivity index (χ0n) is 16.6. The van der Waals surface area contributed by atoms with E-state index in [4.69, 9.17) is 9.97 Å². The molecule has 0 N–H and O–H groups in total. The second-order valence-corrected chi connectivity index (χ2v) is 9.10. The van der Waals surface area contributed by atoms with Gasteiger partial charge in [0.1, 0.15) is 11.6 Å². The lowest BCUT2D eigenvalue weighted by Crippen LogP contribution is -2.42. The van der Waals surface area contributed by atoms with Gasteiger partial charge in [0.25, 0.3) is 0 Å². The van der Waals surface area contributed by atoms with Crippen LogP contribution in [0, 0.1) is 12.8 Å². The standard InChI is InChI=1S/C22H32N4O/c1-15-18-11-12-20(27)26(14-16-9-10-16)22(18)24-21(23-15)19-8-4-5-13-25(19)17-6-2-3-7-17/h16-17,19H,2-14H2,1H3/t19-/m0/s1. The van der Waals surface area contributed by atoms with Crippen molar-refractivity contribution in [3.05, 3.63) is 17.1 Å². The lowest BCUT2D eigenvalue weighted by atomic mass is 9.97. The van der Waals surface area contributed by atoms with Gasteiger partial charge in [0, 0.05) is 30.3 Å². The number of hydrogen-bond donors (Lipinski definition) is 0. The summed E-state index contributed by atoms with van der Waals surface area (Å²) in [6.45, 7) is 4.16. The van der Waals surface area contributed by atoms with Gasteiger partial charge < -0.3 is 0 Å². The average Bonchev–Trinajstić information content (AvgIpc) is 3.33. The SMILES string of the molecule is Cc1nc([C@@H]2CCCCN2C2CCCC2)nc2c1CCC(=O)N2CC1CC1. The highest BCUT2D eigenvalue weighted by Crippen LogP contribution is 2.39. The van der Waals surface area contributed by atoms with Crippen LogP contribution in [0.15, 0.2) is 0 Å². The van der Waals surface area contributed by atoms with Gasteiger partial charge in [-0.3, -0.25) is 14.6 Å². The maximum absolute atomic E-state index is 12.6. The number of piperidine rings is 1. The second-order valence-electron chi connectivity index (χ2n) is 9.10. The van der Waals surface area contributed by atoms with Crippen molar-refractivity contribution < 1.29 is 4.79 Å². The predicted molar refractivity (Wildman–Crippen MR) is 106 cm³/mol. The molecular formula is C22H32N4O. The highest BCUT2D eigenvalue weighted by Gasteiger charge is 2.36. The van der Waals surface area contributed by atoms with E-state index in [-0.39, 0.29) is 5.91 Å². The molecule has 1 aromatic rings. The van der Waals surface area contributed by atoms with Gasteiger partial charge in [-0.25, -0.2) is 9.97 Å². The maximum Gasteiger partial charge on any atom is 0.228 e. The molecule has 2 saturated carbocycles. The number of hydrogen-bond acceptors (Lipinski definition) is 4. The fraction of sp³-hybridized carbons (Fsp3) is 0.773. The number of anilines is 1. The predicted octanol–water partition coefficient (Wildman–Crippen LogP) is 3.94. The van der Waals surface area contributed by atoms with Gasteiger partial charge in [-0.1, -0.05) is 19.3 Å². The number of rotatable bonds is 4. The Morgan fingerprint density at radius 3 is 2.52 bits per heavy atom. The van der Waals surface area contributed by atoms with Crippen molar-refractivity contribution in [2.45, 2.75) is 89.6 Å². The third-order valence-electron chi connectivity index (χ3n) is 7.13. The lowest BCUT2D eigenvalue weighted by molar-refractivity contribution is -0.119. The molecule has 1 saturated heterocycles. The summed E-state index contributed by atoms with van der Waals surface area (Å²) in [4.78, 5) is 27.4. The molecule has 0 bridgehead atoms. The molecule has 0 aromatic carbocycles. The average molecular weight is 369 g/mol. The van der Waals surface area contributed by atoms with Crippen molar-refractivity contribution in [3.8, 4) is 0 Å². The molecule has 146 valence electrons. The minimum Gasteiger partial charge on any atom is -0.296 e. The summed E-state index contributed by atoms with van der Waals surface area (Å²) in [5.74, 6) is 2.86. The van der Waals surface area contributed by atoms with Gasteiger partial charge >= 0.3 is 0 Å². The van der Waals surface area contributed by atoms with E-state index < -0.39 is 0 Å². The van der Waals surface area contributed by atoms with Crippen molar-refractivity contribution in [3.63, 3.8) is 0 Å². The molecule has 0 spiro atoms. The lowest BCUT2D eigenvalue weighted by Gasteiger charge is -2.39. The summed E-state index contributed by atoms with van der Waals surface area (Å²) in [5, 5.41) is 0. The van der Waals surface area contributed by atoms with Crippen molar-refractivity contribution in [1.29, 1.82) is 0 Å². The smallest absolute Gasteiger partial charge is 0.228 e. The monoisotopic (exact) mass is 368 g/mol. The number of aromatic nitrogens is 2. The number of nitrogens with zero attached hydrogens (tertiary/aromatic N) is 4. The molecule has 5 heteroatoms. The van der Waals surface area contributed by atoms with Crippen LogP contribution in [0.5, 0.6) is 0 Å². The van der Waals surface area contributed by atoms with Gasteiger partial charge in [-0.15, -0.1) is 0 Å². The van der Waals surface area contributed by atoms with Gasteiger partial charge in [-0.2, -0.15) is 0 Å². The molecule has 0 unspecified atom stereocenters. The number of fused-ring (bicyclic) bond motifs is 1. The summed E-state index contributed by atoms with van der Waals surface area (Å²) in [7, 11) is 0. The molecule has 1 amide bonds. The molecular weight excluding hydrogens is 336 g/mol. The normalized spacial score (nSPS) is 27.2. The fourth-order valence-corrected chi connectivity index (χ4v) is 5.40. The van der Waals surface area contributed by atoms with Crippen LogP contribution < -0.4 is 4.90 Å². The van der Waals surface area contributed by atoms with E-state index in [9.17, 15) is 4.79 Å². The first-order valence-electron chi connectivity index (χ1n) is 11.1. The molecule has 2 aliphatic heterocycles. The van der Waals surface area contributed by atoms with E-state index in [0.717, 1.165) is 36.7 Å². The number of aryl methyl sites for hydroxylation is 1. The first-order chi connectivity index (χ1) is 13.2. The van der Waals surface area contributed by atoms with Crippen LogP contribution in [0.4, 0.5) is 5.82 Å². The zero-order valence-corrected chi connectivity index (χ0v) is 16.6. The van der Waals surface area contributed by atoms with E-state index in [2.05, 4.69) is 11.8 Å². The molecule has 27 heavy (non-hydrogen) atoms. The quantitative estimate of drug-likeness (QED) is 0.808. The number of carbonyl (C=O) groups is 1. The molecule has 3 heterocycles. The highest BCUT2D eigenvalue weighted by atomic mass is 16.2. The van der Waals surface area contributed by atoms with E-state index in [1.807, 2.05) is 4.90 Å². The molecule has 4 aliphatic rings. The fourth-order valence-electron chi connectivity index (χ4n) is 5.40. The summed E-state index contributed by atoms with van der Waals surface area (Å²) in [5.41, 5.74) is 2.31.